The molecule has 1 fully saturated rings. The molecule has 0 aromatic rings. The van der Waals surface area contributed by atoms with E-state index in [0.29, 0.717) is 0 Å². The number of piperidine rings is 1. The maximum absolute atomic E-state index is 10.9. The summed E-state index contributed by atoms with van der Waals surface area (Å²) in [6.45, 7) is 0.881. The molecule has 1 heterocycles. The highest BCUT2D eigenvalue weighted by Gasteiger charge is 2.30. The molecule has 1 aliphatic rings. The Morgan fingerprint density at radius 3 is 2.64 bits per heavy atom. The predicted octanol–water partition coefficient (Wildman–Crippen LogP) is -0.947. The monoisotopic (exact) mass is 175 g/mol. The van der Waals surface area contributed by atoms with Crippen molar-refractivity contribution in [3.05, 3.63) is 0 Å². The molecule has 0 aromatic carbocycles. The van der Waals surface area contributed by atoms with Crippen LogP contribution in [0.15, 0.2) is 0 Å². The van der Waals surface area contributed by atoms with E-state index >= 15 is 0 Å². The second-order valence-corrected chi connectivity index (χ2v) is 3.55. The second-order valence-electron chi connectivity index (χ2n) is 2.89. The van der Waals surface area contributed by atoms with Crippen LogP contribution in [-0.2, 0) is 4.79 Å². The van der Waals surface area contributed by atoms with Crippen LogP contribution in [0.5, 0.6) is 0 Å². The summed E-state index contributed by atoms with van der Waals surface area (Å²) in [5.74, 6) is -0.327. The largest absolute Gasteiger partial charge is 0.368 e. The Hall–Kier alpha value is -0.180. The first-order valence-corrected chi connectivity index (χ1v) is 4.21. The van der Waals surface area contributed by atoms with Crippen molar-refractivity contribution in [2.75, 3.05) is 6.54 Å². The molecule has 1 aliphatic heterocycles. The van der Waals surface area contributed by atoms with Gasteiger partial charge in [0, 0.05) is 12.6 Å². The lowest BCUT2D eigenvalue weighted by Gasteiger charge is -2.34. The Labute approximate surface area is 68.5 Å². The maximum atomic E-state index is 10.9. The van der Waals surface area contributed by atoms with Crippen LogP contribution in [-0.4, -0.2) is 29.2 Å². The number of carbonyl (C=O) groups is 1. The summed E-state index contributed by atoms with van der Waals surface area (Å²) in [5, 5.41) is 0. The number of primary amides is 1. The molecule has 0 aliphatic carbocycles. The van der Waals surface area contributed by atoms with Crippen molar-refractivity contribution in [3.8, 4) is 0 Å². The van der Waals surface area contributed by atoms with E-state index in [1.807, 2.05) is 4.67 Å². The van der Waals surface area contributed by atoms with E-state index in [0.717, 1.165) is 19.4 Å². The van der Waals surface area contributed by atoms with Crippen molar-refractivity contribution in [2.24, 2.45) is 11.5 Å². The molecule has 3 atom stereocenters. The Bertz CT molecular complexity index is 154. The molecule has 1 rings (SSSR count). The Balaban J connectivity index is 2.62. The molecule has 0 spiro atoms. The first-order chi connectivity index (χ1) is 5.13. The molecule has 1 saturated heterocycles. The minimum absolute atomic E-state index is 0.0984. The van der Waals surface area contributed by atoms with Gasteiger partial charge in [-0.3, -0.25) is 9.46 Å². The third kappa shape index (κ3) is 1.89. The first-order valence-electron chi connectivity index (χ1n) is 3.69. The topological polar surface area (TPSA) is 72.3 Å². The van der Waals surface area contributed by atoms with Crippen LogP contribution in [0.1, 0.15) is 12.8 Å². The molecule has 4 N–H and O–H groups in total. The Kier molecular flexibility index (Phi) is 2.82. The van der Waals surface area contributed by atoms with E-state index in [4.69, 9.17) is 11.5 Å². The summed E-state index contributed by atoms with van der Waals surface area (Å²) in [6, 6.07) is -0.396. The minimum atomic E-state index is -0.327. The molecular weight excluding hydrogens is 161 g/mol. The third-order valence-corrected chi connectivity index (χ3v) is 2.59. The summed E-state index contributed by atoms with van der Waals surface area (Å²) in [4.78, 5) is 10.9. The number of rotatable bonds is 1. The number of nitrogens with zero attached hydrogens (tertiary/aromatic N) is 1. The lowest BCUT2D eigenvalue weighted by molar-refractivity contribution is -0.122. The van der Waals surface area contributed by atoms with Gasteiger partial charge in [-0.15, -0.1) is 0 Å². The van der Waals surface area contributed by atoms with Gasteiger partial charge in [0.2, 0.25) is 5.91 Å². The minimum Gasteiger partial charge on any atom is -0.368 e. The number of nitrogens with two attached hydrogens (primary N) is 2. The average molecular weight is 175 g/mol. The Morgan fingerprint density at radius 2 is 2.27 bits per heavy atom. The summed E-state index contributed by atoms with van der Waals surface area (Å²) in [7, 11) is 2.49. The van der Waals surface area contributed by atoms with Crippen LogP contribution in [0.25, 0.3) is 0 Å². The zero-order chi connectivity index (χ0) is 8.43. The SMILES string of the molecule is NC(=O)C1C(N)CCCN1P. The van der Waals surface area contributed by atoms with Crippen molar-refractivity contribution in [1.82, 2.24) is 4.67 Å². The summed E-state index contributed by atoms with van der Waals surface area (Å²) < 4.78 is 1.84. The molecule has 0 radical (unpaired) electrons. The summed E-state index contributed by atoms with van der Waals surface area (Å²) in [6.07, 6.45) is 1.92. The van der Waals surface area contributed by atoms with E-state index in [2.05, 4.69) is 9.39 Å². The number of amides is 1. The van der Waals surface area contributed by atoms with E-state index < -0.39 is 0 Å². The number of carbonyl (C=O) groups excluding carboxylic acids is 1. The fourth-order valence-electron chi connectivity index (χ4n) is 1.43. The van der Waals surface area contributed by atoms with Gasteiger partial charge in [0.25, 0.3) is 0 Å². The van der Waals surface area contributed by atoms with Crippen LogP contribution in [0.4, 0.5) is 0 Å². The van der Waals surface area contributed by atoms with Crippen molar-refractivity contribution < 1.29 is 4.79 Å². The molecular formula is C6H14N3OP. The normalized spacial score (nSPS) is 33.6. The van der Waals surface area contributed by atoms with Crippen LogP contribution in [0, 0.1) is 0 Å². The number of hydrogen-bond acceptors (Lipinski definition) is 3. The molecule has 0 bridgehead atoms. The highest BCUT2D eigenvalue weighted by Crippen LogP contribution is 2.18. The van der Waals surface area contributed by atoms with Gasteiger partial charge < -0.3 is 11.5 Å². The van der Waals surface area contributed by atoms with Crippen molar-refractivity contribution >= 4 is 15.3 Å². The van der Waals surface area contributed by atoms with Crippen molar-refractivity contribution in [1.29, 1.82) is 0 Å². The van der Waals surface area contributed by atoms with E-state index in [1.165, 1.54) is 0 Å². The highest BCUT2D eigenvalue weighted by molar-refractivity contribution is 7.13. The highest BCUT2D eigenvalue weighted by atomic mass is 31.0. The van der Waals surface area contributed by atoms with Gasteiger partial charge in [-0.05, 0) is 12.8 Å². The van der Waals surface area contributed by atoms with Crippen LogP contribution in [0.3, 0.4) is 0 Å². The fourth-order valence-corrected chi connectivity index (χ4v) is 1.98. The Morgan fingerprint density at radius 1 is 1.64 bits per heavy atom. The molecule has 0 aromatic heterocycles. The summed E-state index contributed by atoms with van der Waals surface area (Å²) in [5.41, 5.74) is 10.9. The maximum Gasteiger partial charge on any atom is 0.236 e. The van der Waals surface area contributed by atoms with Crippen LogP contribution >= 0.6 is 9.39 Å². The summed E-state index contributed by atoms with van der Waals surface area (Å²) >= 11 is 0. The molecule has 64 valence electrons. The van der Waals surface area contributed by atoms with Gasteiger partial charge >= 0.3 is 0 Å². The predicted molar refractivity (Wildman–Crippen MR) is 46.6 cm³/mol. The third-order valence-electron chi connectivity index (χ3n) is 2.01. The van der Waals surface area contributed by atoms with Gasteiger partial charge in [0.1, 0.15) is 6.04 Å². The molecule has 1 amide bonds. The molecule has 0 saturated carbocycles. The molecule has 3 unspecified atom stereocenters. The second kappa shape index (κ2) is 3.48. The van der Waals surface area contributed by atoms with Crippen LogP contribution < -0.4 is 11.5 Å². The lowest BCUT2D eigenvalue weighted by Crippen LogP contribution is -2.54. The average Bonchev–Trinajstić information content (AvgIpc) is 1.85. The van der Waals surface area contributed by atoms with Crippen molar-refractivity contribution in [3.63, 3.8) is 0 Å². The molecule has 11 heavy (non-hydrogen) atoms. The van der Waals surface area contributed by atoms with Crippen LogP contribution in [0.2, 0.25) is 0 Å². The molecule has 5 heteroatoms. The van der Waals surface area contributed by atoms with Crippen molar-refractivity contribution in [2.45, 2.75) is 24.9 Å². The van der Waals surface area contributed by atoms with E-state index in [1.54, 1.807) is 0 Å². The zero-order valence-corrected chi connectivity index (χ0v) is 7.52. The van der Waals surface area contributed by atoms with Gasteiger partial charge in [-0.2, -0.15) is 0 Å². The standard InChI is InChI=1S/C6H14N3OP/c7-4-2-1-3-9(11)5(4)6(8)10/h4-5H,1-3,7,11H2,(H2,8,10). The fraction of sp³-hybridized carbons (Fsp3) is 0.833. The lowest BCUT2D eigenvalue weighted by atomic mass is 9.99. The smallest absolute Gasteiger partial charge is 0.236 e. The van der Waals surface area contributed by atoms with Gasteiger partial charge in [-0.1, -0.05) is 9.39 Å². The van der Waals surface area contributed by atoms with E-state index in [9.17, 15) is 4.79 Å². The number of hydrogen-bond donors (Lipinski definition) is 2. The van der Waals surface area contributed by atoms with Gasteiger partial charge in [0.05, 0.1) is 0 Å². The first kappa shape index (κ1) is 8.91. The van der Waals surface area contributed by atoms with Gasteiger partial charge in [-0.25, -0.2) is 0 Å². The molecule has 4 nitrogen and oxygen atoms in total. The quantitative estimate of drug-likeness (QED) is 0.505. The zero-order valence-electron chi connectivity index (χ0n) is 6.36. The van der Waals surface area contributed by atoms with Gasteiger partial charge in [0.15, 0.2) is 0 Å². The van der Waals surface area contributed by atoms with E-state index in [-0.39, 0.29) is 18.0 Å².